The van der Waals surface area contributed by atoms with E-state index in [1.165, 1.54) is 38.5 Å². The van der Waals surface area contributed by atoms with Crippen molar-refractivity contribution in [1.82, 2.24) is 0 Å². The lowest BCUT2D eigenvalue weighted by atomic mass is 10.0. The summed E-state index contributed by atoms with van der Waals surface area (Å²) in [6, 6.07) is 4.49. The summed E-state index contributed by atoms with van der Waals surface area (Å²) in [4.78, 5) is 12.2. The van der Waals surface area contributed by atoms with E-state index in [0.717, 1.165) is 0 Å². The van der Waals surface area contributed by atoms with Crippen LogP contribution in [0.25, 0.3) is 0 Å². The highest BCUT2D eigenvalue weighted by Crippen LogP contribution is 2.58. The number of Topliss-reactive ketones (excluding diaryl/α,β-unsaturated/α-hetero) is 1. The number of halogens is 1. The smallest absolute Gasteiger partial charge is 0.166 e. The molecule has 0 spiro atoms. The third-order valence-corrected chi connectivity index (χ3v) is 4.15. The predicted molar refractivity (Wildman–Crippen MR) is 61.6 cm³/mol. The normalized spacial score (nSPS) is 29.9. The van der Waals surface area contributed by atoms with Crippen molar-refractivity contribution < 1.29 is 13.9 Å². The zero-order valence-corrected chi connectivity index (χ0v) is 9.78. The third kappa shape index (κ3) is 1.65. The largest absolute Gasteiger partial charge is 0.494 e. The fourth-order valence-electron chi connectivity index (χ4n) is 3.22. The second-order valence-corrected chi connectivity index (χ2v) is 5.00. The van der Waals surface area contributed by atoms with Crippen LogP contribution in [0.15, 0.2) is 18.2 Å². The summed E-state index contributed by atoms with van der Waals surface area (Å²) in [7, 11) is 1.42. The number of fused-ring (bicyclic) bond motifs is 1. The van der Waals surface area contributed by atoms with Gasteiger partial charge in [0, 0.05) is 11.5 Å². The molecule has 0 amide bonds. The highest BCUT2D eigenvalue weighted by Gasteiger charge is 2.56. The van der Waals surface area contributed by atoms with Gasteiger partial charge >= 0.3 is 0 Å². The first-order valence-corrected chi connectivity index (χ1v) is 6.10. The van der Waals surface area contributed by atoms with Crippen LogP contribution in [0.5, 0.6) is 5.75 Å². The SMILES string of the molecule is COc1ccc(C(=O)C2C3CCCC32)cc1F. The van der Waals surface area contributed by atoms with E-state index < -0.39 is 5.82 Å². The van der Waals surface area contributed by atoms with E-state index in [-0.39, 0.29) is 17.5 Å². The Morgan fingerprint density at radius 2 is 2.06 bits per heavy atom. The molecule has 2 unspecified atom stereocenters. The van der Waals surface area contributed by atoms with Gasteiger partial charge in [-0.25, -0.2) is 4.39 Å². The van der Waals surface area contributed by atoms with Gasteiger partial charge in [0.25, 0.3) is 0 Å². The number of carbonyl (C=O) groups excluding carboxylic acids is 1. The minimum absolute atomic E-state index is 0.112. The first-order valence-electron chi connectivity index (χ1n) is 6.10. The van der Waals surface area contributed by atoms with Gasteiger partial charge in [0.2, 0.25) is 0 Å². The molecule has 2 aliphatic carbocycles. The van der Waals surface area contributed by atoms with Crippen molar-refractivity contribution in [3.63, 3.8) is 0 Å². The summed E-state index contributed by atoms with van der Waals surface area (Å²) >= 11 is 0. The summed E-state index contributed by atoms with van der Waals surface area (Å²) in [5.41, 5.74) is 0.489. The van der Waals surface area contributed by atoms with Gasteiger partial charge in [-0.1, -0.05) is 6.42 Å². The molecule has 17 heavy (non-hydrogen) atoms. The molecule has 3 rings (SSSR count). The maximum Gasteiger partial charge on any atom is 0.166 e. The quantitative estimate of drug-likeness (QED) is 0.751. The summed E-state index contributed by atoms with van der Waals surface area (Å²) in [5.74, 6) is 1.17. The average molecular weight is 234 g/mol. The van der Waals surface area contributed by atoms with Crippen molar-refractivity contribution in [3.05, 3.63) is 29.6 Å². The first-order chi connectivity index (χ1) is 8.22. The molecule has 0 radical (unpaired) electrons. The Morgan fingerprint density at radius 1 is 1.35 bits per heavy atom. The molecule has 2 nitrogen and oxygen atoms in total. The first kappa shape index (κ1) is 10.8. The molecule has 2 saturated carbocycles. The molecule has 2 aliphatic rings. The topological polar surface area (TPSA) is 26.3 Å². The Morgan fingerprint density at radius 3 is 2.65 bits per heavy atom. The number of methoxy groups -OCH3 is 1. The van der Waals surface area contributed by atoms with Gasteiger partial charge in [0.05, 0.1) is 7.11 Å². The molecule has 0 bridgehead atoms. The molecular formula is C14H15FO2. The Kier molecular flexibility index (Phi) is 2.42. The zero-order valence-electron chi connectivity index (χ0n) is 9.78. The Hall–Kier alpha value is -1.38. The van der Waals surface area contributed by atoms with E-state index in [9.17, 15) is 9.18 Å². The second-order valence-electron chi connectivity index (χ2n) is 5.00. The van der Waals surface area contributed by atoms with Crippen LogP contribution < -0.4 is 4.74 Å². The monoisotopic (exact) mass is 234 g/mol. The van der Waals surface area contributed by atoms with E-state index in [4.69, 9.17) is 4.74 Å². The number of hydrogen-bond acceptors (Lipinski definition) is 2. The fourth-order valence-corrected chi connectivity index (χ4v) is 3.22. The van der Waals surface area contributed by atoms with Gasteiger partial charge in [0.1, 0.15) is 0 Å². The number of ketones is 1. The molecule has 0 aliphatic heterocycles. The fraction of sp³-hybridized carbons (Fsp3) is 0.500. The van der Waals surface area contributed by atoms with Gasteiger partial charge in [-0.15, -0.1) is 0 Å². The molecule has 0 aromatic heterocycles. The lowest BCUT2D eigenvalue weighted by Crippen LogP contribution is -2.07. The maximum atomic E-state index is 13.5. The Bertz CT molecular complexity index is 459. The maximum absolute atomic E-state index is 13.5. The van der Waals surface area contributed by atoms with Crippen LogP contribution in [-0.2, 0) is 0 Å². The highest BCUT2D eigenvalue weighted by molar-refractivity contribution is 6.00. The van der Waals surface area contributed by atoms with Crippen LogP contribution in [0.1, 0.15) is 29.6 Å². The van der Waals surface area contributed by atoms with Crippen LogP contribution in [0.2, 0.25) is 0 Å². The number of ether oxygens (including phenoxy) is 1. The van der Waals surface area contributed by atoms with Crippen molar-refractivity contribution in [3.8, 4) is 5.75 Å². The van der Waals surface area contributed by atoms with E-state index in [0.29, 0.717) is 17.4 Å². The highest BCUT2D eigenvalue weighted by atomic mass is 19.1. The van der Waals surface area contributed by atoms with Crippen molar-refractivity contribution in [2.75, 3.05) is 7.11 Å². The van der Waals surface area contributed by atoms with Crippen molar-refractivity contribution in [2.24, 2.45) is 17.8 Å². The van der Waals surface area contributed by atoms with Crippen LogP contribution in [0.3, 0.4) is 0 Å². The summed E-state index contributed by atoms with van der Waals surface area (Å²) in [6.07, 6.45) is 3.58. The van der Waals surface area contributed by atoms with Crippen molar-refractivity contribution >= 4 is 5.78 Å². The average Bonchev–Trinajstić information content (AvgIpc) is 2.81. The van der Waals surface area contributed by atoms with Crippen LogP contribution in [0, 0.1) is 23.6 Å². The molecule has 3 heteroatoms. The van der Waals surface area contributed by atoms with Crippen LogP contribution >= 0.6 is 0 Å². The Balaban J connectivity index is 1.80. The molecular weight excluding hydrogens is 219 g/mol. The van der Waals surface area contributed by atoms with Crippen molar-refractivity contribution in [2.45, 2.75) is 19.3 Å². The van der Waals surface area contributed by atoms with Gasteiger partial charge in [-0.3, -0.25) is 4.79 Å². The van der Waals surface area contributed by atoms with Gasteiger partial charge in [-0.2, -0.15) is 0 Å². The lowest BCUT2D eigenvalue weighted by Gasteiger charge is -2.05. The van der Waals surface area contributed by atoms with Gasteiger partial charge < -0.3 is 4.74 Å². The van der Waals surface area contributed by atoms with Gasteiger partial charge in [0.15, 0.2) is 17.3 Å². The number of benzene rings is 1. The number of carbonyl (C=O) groups is 1. The van der Waals surface area contributed by atoms with Crippen LogP contribution in [-0.4, -0.2) is 12.9 Å². The summed E-state index contributed by atoms with van der Waals surface area (Å²) in [5, 5.41) is 0. The number of rotatable bonds is 3. The predicted octanol–water partition coefficient (Wildman–Crippen LogP) is 3.06. The lowest BCUT2D eigenvalue weighted by molar-refractivity contribution is 0.0951. The molecule has 90 valence electrons. The second kappa shape index (κ2) is 3.83. The standard InChI is InChI=1S/C14H15FO2/c1-17-12-6-5-8(7-11(12)15)14(16)13-9-3-2-4-10(9)13/h5-7,9-10,13H,2-4H2,1H3. The van der Waals surface area contributed by atoms with E-state index in [2.05, 4.69) is 0 Å². The third-order valence-electron chi connectivity index (χ3n) is 4.15. The van der Waals surface area contributed by atoms with E-state index in [1.54, 1.807) is 6.07 Å². The molecule has 0 saturated heterocycles. The molecule has 1 aromatic rings. The van der Waals surface area contributed by atoms with E-state index >= 15 is 0 Å². The molecule has 0 heterocycles. The molecule has 0 N–H and O–H groups in total. The summed E-state index contributed by atoms with van der Waals surface area (Å²) in [6.45, 7) is 0. The molecule has 1 aromatic carbocycles. The minimum Gasteiger partial charge on any atom is -0.494 e. The number of hydrogen-bond donors (Lipinski definition) is 0. The van der Waals surface area contributed by atoms with Gasteiger partial charge in [-0.05, 0) is 42.9 Å². The molecule has 2 fully saturated rings. The molecule has 2 atom stereocenters. The van der Waals surface area contributed by atoms with Crippen molar-refractivity contribution in [1.29, 1.82) is 0 Å². The minimum atomic E-state index is -0.454. The summed E-state index contributed by atoms with van der Waals surface area (Å²) < 4.78 is 18.4. The zero-order chi connectivity index (χ0) is 12.0. The van der Waals surface area contributed by atoms with Crippen LogP contribution in [0.4, 0.5) is 4.39 Å². The van der Waals surface area contributed by atoms with E-state index in [1.807, 2.05) is 0 Å². The Labute approximate surface area is 99.8 Å².